The van der Waals surface area contributed by atoms with Crippen LogP contribution in [0.2, 0.25) is 0 Å². The molecule has 0 radical (unpaired) electrons. The average Bonchev–Trinajstić information content (AvgIpc) is 2.06. The Bertz CT molecular complexity index is 74.2. The first kappa shape index (κ1) is 14.4. The van der Waals surface area contributed by atoms with Gasteiger partial charge in [0.2, 0.25) is 0 Å². The minimum atomic E-state index is -0.301. The first-order chi connectivity index (χ1) is 5.58. The highest BCUT2D eigenvalue weighted by Gasteiger charge is 1.95. The summed E-state index contributed by atoms with van der Waals surface area (Å²) in [6.07, 6.45) is 0.946. The van der Waals surface area contributed by atoms with Crippen molar-refractivity contribution in [1.29, 1.82) is 0 Å². The molecule has 1 atom stereocenters. The lowest BCUT2D eigenvalue weighted by molar-refractivity contribution is 0.129. The van der Waals surface area contributed by atoms with Crippen LogP contribution in [0, 0.1) is 5.92 Å². The molecule has 0 saturated heterocycles. The zero-order valence-electron chi connectivity index (χ0n) is 8.32. The van der Waals surface area contributed by atoms with Gasteiger partial charge in [-0.2, -0.15) is 0 Å². The molecule has 3 nitrogen and oxygen atoms in total. The molecule has 0 fully saturated rings. The summed E-state index contributed by atoms with van der Waals surface area (Å²) in [6.45, 7) is 6.23. The van der Waals surface area contributed by atoms with Crippen molar-refractivity contribution in [2.24, 2.45) is 5.92 Å². The maximum absolute atomic E-state index is 8.70. The third-order valence-electron chi connectivity index (χ3n) is 1.30. The van der Waals surface area contributed by atoms with Crippen LogP contribution in [0.25, 0.3) is 0 Å². The van der Waals surface area contributed by atoms with E-state index < -0.39 is 0 Å². The third-order valence-corrected chi connectivity index (χ3v) is 1.30. The predicted octanol–water partition coefficient (Wildman–Crippen LogP) is 0.774. The fourth-order valence-electron chi connectivity index (χ4n) is 0.353. The van der Waals surface area contributed by atoms with Crippen molar-refractivity contribution in [1.82, 2.24) is 0 Å². The second kappa shape index (κ2) is 10.9. The van der Waals surface area contributed by atoms with Crippen LogP contribution in [-0.2, 0) is 0 Å². The first-order valence-electron chi connectivity index (χ1n) is 4.48. The Kier molecular flexibility index (Phi) is 13.1. The number of hydrogen-bond acceptors (Lipinski definition) is 3. The van der Waals surface area contributed by atoms with E-state index in [2.05, 4.69) is 0 Å². The highest BCUT2D eigenvalue weighted by atomic mass is 16.3. The van der Waals surface area contributed by atoms with Crippen LogP contribution in [0.15, 0.2) is 0 Å². The molecular formula is C9H22O3. The maximum Gasteiger partial charge on any atom is 0.0559 e. The lowest BCUT2D eigenvalue weighted by Gasteiger charge is -2.01. The Morgan fingerprint density at radius 1 is 1.17 bits per heavy atom. The summed E-state index contributed by atoms with van der Waals surface area (Å²) in [6, 6.07) is 0. The summed E-state index contributed by atoms with van der Waals surface area (Å²) in [5.74, 6) is 0.440. The van der Waals surface area contributed by atoms with Crippen molar-refractivity contribution in [2.45, 2.75) is 39.7 Å². The molecule has 3 N–H and O–H groups in total. The SMILES string of the molecule is CC(C)CO.CCC(O)CCO. The van der Waals surface area contributed by atoms with Crippen molar-refractivity contribution in [2.75, 3.05) is 13.2 Å². The standard InChI is InChI=1S/C5H12O2.C4H10O/c1-2-5(7)3-4-6;1-4(2)3-5/h5-7H,2-4H2,1H3;4-5H,3H2,1-2H3. The molecule has 3 heteroatoms. The van der Waals surface area contributed by atoms with Gasteiger partial charge in [-0.25, -0.2) is 0 Å². The zero-order chi connectivity index (χ0) is 9.98. The molecule has 0 saturated carbocycles. The predicted molar refractivity (Wildman–Crippen MR) is 49.9 cm³/mol. The molecule has 0 rings (SSSR count). The topological polar surface area (TPSA) is 60.7 Å². The van der Waals surface area contributed by atoms with Gasteiger partial charge < -0.3 is 15.3 Å². The number of aliphatic hydroxyl groups is 3. The van der Waals surface area contributed by atoms with E-state index >= 15 is 0 Å². The molecule has 0 aliphatic carbocycles. The molecule has 0 amide bonds. The molecular weight excluding hydrogens is 156 g/mol. The third kappa shape index (κ3) is 16.5. The molecule has 0 bridgehead atoms. The van der Waals surface area contributed by atoms with Crippen LogP contribution < -0.4 is 0 Å². The van der Waals surface area contributed by atoms with E-state index in [0.717, 1.165) is 6.42 Å². The molecule has 12 heavy (non-hydrogen) atoms. The van der Waals surface area contributed by atoms with Gasteiger partial charge >= 0.3 is 0 Å². The quantitative estimate of drug-likeness (QED) is 0.596. The van der Waals surface area contributed by atoms with Gasteiger partial charge in [-0.3, -0.25) is 0 Å². The average molecular weight is 178 g/mol. The van der Waals surface area contributed by atoms with Gasteiger partial charge in [0.15, 0.2) is 0 Å². The van der Waals surface area contributed by atoms with E-state index in [1.165, 1.54) is 0 Å². The van der Waals surface area contributed by atoms with E-state index in [4.69, 9.17) is 15.3 Å². The number of rotatable bonds is 4. The largest absolute Gasteiger partial charge is 0.396 e. The van der Waals surface area contributed by atoms with E-state index in [1.807, 2.05) is 20.8 Å². The van der Waals surface area contributed by atoms with Gasteiger partial charge in [0.25, 0.3) is 0 Å². The molecule has 1 unspecified atom stereocenters. The van der Waals surface area contributed by atoms with Crippen LogP contribution >= 0.6 is 0 Å². The lowest BCUT2D eigenvalue weighted by Crippen LogP contribution is -2.05. The van der Waals surface area contributed by atoms with E-state index in [0.29, 0.717) is 18.9 Å². The first-order valence-corrected chi connectivity index (χ1v) is 4.48. The zero-order valence-corrected chi connectivity index (χ0v) is 8.32. The van der Waals surface area contributed by atoms with Crippen molar-refractivity contribution in [3.8, 4) is 0 Å². The van der Waals surface area contributed by atoms with E-state index in [-0.39, 0.29) is 12.7 Å². The second-order valence-electron chi connectivity index (χ2n) is 3.15. The highest BCUT2D eigenvalue weighted by Crippen LogP contribution is 1.92. The molecule has 0 aliphatic rings. The summed E-state index contributed by atoms with van der Waals surface area (Å²) in [5, 5.41) is 25.0. The van der Waals surface area contributed by atoms with Gasteiger partial charge in [-0.1, -0.05) is 20.8 Å². The van der Waals surface area contributed by atoms with E-state index in [9.17, 15) is 0 Å². The van der Waals surface area contributed by atoms with Gasteiger partial charge in [-0.15, -0.1) is 0 Å². The van der Waals surface area contributed by atoms with Gasteiger partial charge in [-0.05, 0) is 18.8 Å². The van der Waals surface area contributed by atoms with Crippen molar-refractivity contribution >= 4 is 0 Å². The summed E-state index contributed by atoms with van der Waals surface area (Å²) >= 11 is 0. The smallest absolute Gasteiger partial charge is 0.0559 e. The summed E-state index contributed by atoms with van der Waals surface area (Å²) in [4.78, 5) is 0. The Hall–Kier alpha value is -0.120. The Labute approximate surface area is 75.0 Å². The molecule has 0 aromatic carbocycles. The minimum absolute atomic E-state index is 0.0923. The Morgan fingerprint density at radius 3 is 1.67 bits per heavy atom. The Morgan fingerprint density at radius 2 is 1.58 bits per heavy atom. The van der Waals surface area contributed by atoms with Gasteiger partial charge in [0.05, 0.1) is 6.10 Å². The van der Waals surface area contributed by atoms with Crippen LogP contribution in [0.3, 0.4) is 0 Å². The fourth-order valence-corrected chi connectivity index (χ4v) is 0.353. The minimum Gasteiger partial charge on any atom is -0.396 e. The number of aliphatic hydroxyl groups excluding tert-OH is 3. The van der Waals surface area contributed by atoms with Crippen molar-refractivity contribution in [3.05, 3.63) is 0 Å². The maximum atomic E-state index is 8.70. The Balaban J connectivity index is 0. The van der Waals surface area contributed by atoms with Gasteiger partial charge in [0.1, 0.15) is 0 Å². The molecule has 0 heterocycles. The van der Waals surface area contributed by atoms with Crippen molar-refractivity contribution in [3.63, 3.8) is 0 Å². The van der Waals surface area contributed by atoms with Gasteiger partial charge in [0, 0.05) is 13.2 Å². The van der Waals surface area contributed by atoms with Crippen molar-refractivity contribution < 1.29 is 15.3 Å². The van der Waals surface area contributed by atoms with E-state index in [1.54, 1.807) is 0 Å². The summed E-state index contributed by atoms with van der Waals surface area (Å²) in [7, 11) is 0. The highest BCUT2D eigenvalue weighted by molar-refractivity contribution is 4.47. The van der Waals surface area contributed by atoms with Crippen LogP contribution in [0.1, 0.15) is 33.6 Å². The van der Waals surface area contributed by atoms with Crippen LogP contribution in [-0.4, -0.2) is 34.6 Å². The summed E-state index contributed by atoms with van der Waals surface area (Å²) < 4.78 is 0. The molecule has 0 aromatic heterocycles. The molecule has 0 spiro atoms. The summed E-state index contributed by atoms with van der Waals surface area (Å²) in [5.41, 5.74) is 0. The second-order valence-corrected chi connectivity index (χ2v) is 3.15. The molecule has 0 aliphatic heterocycles. The van der Waals surface area contributed by atoms with Crippen LogP contribution in [0.5, 0.6) is 0 Å². The molecule has 76 valence electrons. The molecule has 0 aromatic rings. The fraction of sp³-hybridized carbons (Fsp3) is 1.00. The number of hydrogen-bond donors (Lipinski definition) is 3. The lowest BCUT2D eigenvalue weighted by atomic mass is 10.2. The monoisotopic (exact) mass is 178 g/mol. The van der Waals surface area contributed by atoms with Crippen LogP contribution in [0.4, 0.5) is 0 Å². The normalized spacial score (nSPS) is 12.2.